The van der Waals surface area contributed by atoms with Crippen molar-refractivity contribution in [3.05, 3.63) is 35.6 Å². The maximum Gasteiger partial charge on any atom is 0.188 e. The molecule has 0 bridgehead atoms. The van der Waals surface area contributed by atoms with Crippen LogP contribution >= 0.6 is 0 Å². The van der Waals surface area contributed by atoms with Crippen molar-refractivity contribution < 1.29 is 4.39 Å². The SMILES string of the molecule is NC(=NCCc1cccc(F)c1)NC1CCCCCC1. The van der Waals surface area contributed by atoms with E-state index in [9.17, 15) is 4.39 Å². The lowest BCUT2D eigenvalue weighted by molar-refractivity contribution is 0.530. The summed E-state index contributed by atoms with van der Waals surface area (Å²) in [6.45, 7) is 0.592. The molecule has 110 valence electrons. The molecule has 3 nitrogen and oxygen atoms in total. The molecule has 0 radical (unpaired) electrons. The molecule has 0 aliphatic heterocycles. The molecule has 0 unspecified atom stereocenters. The van der Waals surface area contributed by atoms with Crippen LogP contribution in [0.4, 0.5) is 4.39 Å². The first-order valence-corrected chi connectivity index (χ1v) is 7.55. The van der Waals surface area contributed by atoms with Crippen LogP contribution in [0.1, 0.15) is 44.1 Å². The molecule has 1 aromatic carbocycles. The van der Waals surface area contributed by atoms with Gasteiger partial charge in [-0.15, -0.1) is 0 Å². The van der Waals surface area contributed by atoms with Gasteiger partial charge in [-0.2, -0.15) is 0 Å². The molecule has 0 saturated heterocycles. The third-order valence-corrected chi connectivity index (χ3v) is 3.78. The van der Waals surface area contributed by atoms with E-state index in [2.05, 4.69) is 10.3 Å². The van der Waals surface area contributed by atoms with Crippen molar-refractivity contribution in [3.63, 3.8) is 0 Å². The highest BCUT2D eigenvalue weighted by molar-refractivity contribution is 5.78. The van der Waals surface area contributed by atoms with Crippen LogP contribution in [0.2, 0.25) is 0 Å². The van der Waals surface area contributed by atoms with Gasteiger partial charge in [0, 0.05) is 12.6 Å². The predicted molar refractivity (Wildman–Crippen MR) is 81.2 cm³/mol. The largest absolute Gasteiger partial charge is 0.370 e. The highest BCUT2D eigenvalue weighted by Crippen LogP contribution is 2.16. The number of guanidine groups is 1. The van der Waals surface area contributed by atoms with Gasteiger partial charge in [-0.05, 0) is 37.0 Å². The Morgan fingerprint density at radius 1 is 1.25 bits per heavy atom. The maximum absolute atomic E-state index is 13.0. The van der Waals surface area contributed by atoms with Gasteiger partial charge in [0.15, 0.2) is 5.96 Å². The maximum atomic E-state index is 13.0. The molecule has 0 atom stereocenters. The summed E-state index contributed by atoms with van der Waals surface area (Å²) in [5.74, 6) is 0.323. The molecular formula is C16H24FN3. The summed E-state index contributed by atoms with van der Waals surface area (Å²) in [5, 5.41) is 3.31. The molecular weight excluding hydrogens is 253 g/mol. The number of benzene rings is 1. The highest BCUT2D eigenvalue weighted by Gasteiger charge is 2.11. The second-order valence-corrected chi connectivity index (χ2v) is 5.48. The smallest absolute Gasteiger partial charge is 0.188 e. The Morgan fingerprint density at radius 2 is 2.00 bits per heavy atom. The summed E-state index contributed by atoms with van der Waals surface area (Å²) in [4.78, 5) is 4.33. The first-order valence-electron chi connectivity index (χ1n) is 7.55. The lowest BCUT2D eigenvalue weighted by Gasteiger charge is -2.16. The van der Waals surface area contributed by atoms with Crippen molar-refractivity contribution in [2.24, 2.45) is 10.7 Å². The van der Waals surface area contributed by atoms with Crippen molar-refractivity contribution in [1.82, 2.24) is 5.32 Å². The Bertz CT molecular complexity index is 437. The van der Waals surface area contributed by atoms with E-state index in [4.69, 9.17) is 5.73 Å². The van der Waals surface area contributed by atoms with Crippen LogP contribution in [0, 0.1) is 5.82 Å². The van der Waals surface area contributed by atoms with Gasteiger partial charge in [-0.3, -0.25) is 4.99 Å². The minimum absolute atomic E-state index is 0.198. The van der Waals surface area contributed by atoms with Crippen LogP contribution < -0.4 is 11.1 Å². The van der Waals surface area contributed by atoms with Crippen LogP contribution in [0.3, 0.4) is 0 Å². The van der Waals surface area contributed by atoms with Gasteiger partial charge in [0.05, 0.1) is 0 Å². The number of nitrogens with two attached hydrogens (primary N) is 1. The molecule has 0 aromatic heterocycles. The number of hydrogen-bond donors (Lipinski definition) is 2. The fraction of sp³-hybridized carbons (Fsp3) is 0.562. The number of nitrogens with one attached hydrogen (secondary N) is 1. The summed E-state index contributed by atoms with van der Waals surface area (Å²) in [6.07, 6.45) is 8.27. The zero-order valence-electron chi connectivity index (χ0n) is 11.9. The molecule has 3 N–H and O–H groups in total. The highest BCUT2D eigenvalue weighted by atomic mass is 19.1. The van der Waals surface area contributed by atoms with Crippen molar-refractivity contribution in [3.8, 4) is 0 Å². The summed E-state index contributed by atoms with van der Waals surface area (Å²) in [6, 6.07) is 7.10. The average Bonchev–Trinajstić information content (AvgIpc) is 2.67. The Kier molecular flexibility index (Phi) is 5.84. The van der Waals surface area contributed by atoms with Crippen molar-refractivity contribution in [2.75, 3.05) is 6.54 Å². The zero-order valence-corrected chi connectivity index (χ0v) is 11.9. The van der Waals surface area contributed by atoms with Gasteiger partial charge in [0.2, 0.25) is 0 Å². The summed E-state index contributed by atoms with van der Waals surface area (Å²) < 4.78 is 13.0. The molecule has 20 heavy (non-hydrogen) atoms. The fourth-order valence-electron chi connectivity index (χ4n) is 2.68. The second-order valence-electron chi connectivity index (χ2n) is 5.48. The van der Waals surface area contributed by atoms with E-state index >= 15 is 0 Å². The molecule has 0 spiro atoms. The molecule has 2 rings (SSSR count). The van der Waals surface area contributed by atoms with Gasteiger partial charge in [0.25, 0.3) is 0 Å². The third-order valence-electron chi connectivity index (χ3n) is 3.78. The first-order chi connectivity index (χ1) is 9.74. The number of aliphatic imine (C=N–C) groups is 1. The third kappa shape index (κ3) is 5.19. The van der Waals surface area contributed by atoms with Crippen molar-refractivity contribution >= 4 is 5.96 Å². The lowest BCUT2D eigenvalue weighted by atomic mass is 10.1. The van der Waals surface area contributed by atoms with Gasteiger partial charge in [-0.1, -0.05) is 37.8 Å². The van der Waals surface area contributed by atoms with E-state index in [1.807, 2.05) is 6.07 Å². The molecule has 4 heteroatoms. The molecule has 1 aliphatic carbocycles. The lowest BCUT2D eigenvalue weighted by Crippen LogP contribution is -2.40. The van der Waals surface area contributed by atoms with E-state index in [1.165, 1.54) is 44.6 Å². The molecule has 0 amide bonds. The van der Waals surface area contributed by atoms with E-state index in [-0.39, 0.29) is 5.82 Å². The Balaban J connectivity index is 1.75. The van der Waals surface area contributed by atoms with Crippen LogP contribution in [0.5, 0.6) is 0 Å². The van der Waals surface area contributed by atoms with E-state index in [0.29, 0.717) is 25.0 Å². The molecule has 1 fully saturated rings. The monoisotopic (exact) mass is 277 g/mol. The first kappa shape index (κ1) is 14.8. The van der Waals surface area contributed by atoms with E-state index in [0.717, 1.165) is 5.56 Å². The van der Waals surface area contributed by atoms with Crippen LogP contribution in [0.25, 0.3) is 0 Å². The van der Waals surface area contributed by atoms with Crippen LogP contribution in [-0.4, -0.2) is 18.5 Å². The van der Waals surface area contributed by atoms with Gasteiger partial charge in [0.1, 0.15) is 5.82 Å². The minimum Gasteiger partial charge on any atom is -0.370 e. The summed E-state index contributed by atoms with van der Waals surface area (Å²) in [7, 11) is 0. The number of nitrogens with zero attached hydrogens (tertiary/aromatic N) is 1. The van der Waals surface area contributed by atoms with E-state index in [1.54, 1.807) is 12.1 Å². The number of hydrogen-bond acceptors (Lipinski definition) is 1. The number of rotatable bonds is 4. The minimum atomic E-state index is -0.198. The Labute approximate surface area is 120 Å². The summed E-state index contributed by atoms with van der Waals surface area (Å²) >= 11 is 0. The number of halogens is 1. The topological polar surface area (TPSA) is 50.4 Å². The standard InChI is InChI=1S/C16H24FN3/c17-14-7-5-6-13(12-14)10-11-19-16(18)20-15-8-3-1-2-4-9-15/h5-7,12,15H,1-4,8-11H2,(H3,18,19,20). The van der Waals surface area contributed by atoms with Gasteiger partial charge in [-0.25, -0.2) is 4.39 Å². The quantitative estimate of drug-likeness (QED) is 0.505. The Hall–Kier alpha value is -1.58. The second kappa shape index (κ2) is 7.88. The fourth-order valence-corrected chi connectivity index (χ4v) is 2.68. The van der Waals surface area contributed by atoms with Crippen LogP contribution in [-0.2, 0) is 6.42 Å². The molecule has 1 aliphatic rings. The normalized spacial score (nSPS) is 17.8. The predicted octanol–water partition coefficient (Wildman–Crippen LogP) is 3.00. The molecule has 0 heterocycles. The molecule has 1 saturated carbocycles. The van der Waals surface area contributed by atoms with E-state index < -0.39 is 0 Å². The van der Waals surface area contributed by atoms with Gasteiger partial charge < -0.3 is 11.1 Å². The van der Waals surface area contributed by atoms with Crippen molar-refractivity contribution in [1.29, 1.82) is 0 Å². The summed E-state index contributed by atoms with van der Waals surface area (Å²) in [5.41, 5.74) is 6.87. The molecule has 1 aromatic rings. The van der Waals surface area contributed by atoms with Crippen molar-refractivity contribution in [2.45, 2.75) is 51.0 Å². The van der Waals surface area contributed by atoms with Gasteiger partial charge >= 0.3 is 0 Å². The Morgan fingerprint density at radius 3 is 2.70 bits per heavy atom. The average molecular weight is 277 g/mol. The zero-order chi connectivity index (χ0) is 14.2. The van der Waals surface area contributed by atoms with Crippen LogP contribution in [0.15, 0.2) is 29.3 Å².